The van der Waals surface area contributed by atoms with Crippen LogP contribution in [0.15, 0.2) is 60.7 Å². The number of fused-ring (bicyclic) bond motifs is 1. The summed E-state index contributed by atoms with van der Waals surface area (Å²) in [5.74, 6) is 0.883. The molecule has 0 aliphatic heterocycles. The third-order valence-electron chi connectivity index (χ3n) is 3.68. The molecule has 22 heavy (non-hydrogen) atoms. The van der Waals surface area contributed by atoms with E-state index >= 15 is 0 Å². The summed E-state index contributed by atoms with van der Waals surface area (Å²) in [4.78, 5) is 16.7. The van der Waals surface area contributed by atoms with Crippen molar-refractivity contribution in [2.75, 3.05) is 5.32 Å². The molecule has 3 aromatic rings. The zero-order valence-electron chi connectivity index (χ0n) is 12.7. The predicted molar refractivity (Wildman–Crippen MR) is 90.2 cm³/mol. The maximum atomic E-state index is 12.3. The van der Waals surface area contributed by atoms with E-state index in [1.165, 1.54) is 5.56 Å². The fraction of sp³-hybridized carbons (Fsp3) is 0.158. The van der Waals surface area contributed by atoms with Crippen molar-refractivity contribution >= 4 is 22.6 Å². The molecule has 3 heteroatoms. The van der Waals surface area contributed by atoms with Gasteiger partial charge in [0, 0.05) is 10.9 Å². The van der Waals surface area contributed by atoms with Crippen LogP contribution in [0, 0.1) is 0 Å². The summed E-state index contributed by atoms with van der Waals surface area (Å²) in [6, 6.07) is 19.3. The molecule has 0 spiro atoms. The molecular formula is C19H18N2O. The van der Waals surface area contributed by atoms with Gasteiger partial charge in [0.1, 0.15) is 5.82 Å². The van der Waals surface area contributed by atoms with E-state index in [1.807, 2.05) is 60.7 Å². The number of para-hydroxylation sites is 1. The molecular weight excluding hydrogens is 272 g/mol. The van der Waals surface area contributed by atoms with Crippen LogP contribution in [0.1, 0.15) is 35.7 Å². The van der Waals surface area contributed by atoms with E-state index in [4.69, 9.17) is 0 Å². The summed E-state index contributed by atoms with van der Waals surface area (Å²) in [5.41, 5.74) is 2.73. The highest BCUT2D eigenvalue weighted by Gasteiger charge is 2.08. The molecule has 0 fully saturated rings. The molecule has 0 saturated heterocycles. The monoisotopic (exact) mass is 290 g/mol. The minimum absolute atomic E-state index is 0.141. The lowest BCUT2D eigenvalue weighted by Crippen LogP contribution is -2.13. The number of nitrogens with one attached hydrogen (secondary N) is 1. The minimum Gasteiger partial charge on any atom is -0.307 e. The lowest BCUT2D eigenvalue weighted by molar-refractivity contribution is 0.102. The van der Waals surface area contributed by atoms with Crippen molar-refractivity contribution in [3.63, 3.8) is 0 Å². The van der Waals surface area contributed by atoms with Crippen LogP contribution >= 0.6 is 0 Å². The maximum absolute atomic E-state index is 12.3. The van der Waals surface area contributed by atoms with Gasteiger partial charge < -0.3 is 5.32 Å². The third-order valence-corrected chi connectivity index (χ3v) is 3.68. The van der Waals surface area contributed by atoms with Gasteiger partial charge in [-0.05, 0) is 41.8 Å². The Balaban J connectivity index is 1.80. The van der Waals surface area contributed by atoms with Crippen molar-refractivity contribution in [2.45, 2.75) is 19.8 Å². The van der Waals surface area contributed by atoms with Crippen LogP contribution in [0.2, 0.25) is 0 Å². The van der Waals surface area contributed by atoms with E-state index in [1.54, 1.807) is 0 Å². The van der Waals surface area contributed by atoms with Gasteiger partial charge in [0.15, 0.2) is 0 Å². The van der Waals surface area contributed by atoms with Gasteiger partial charge in [-0.2, -0.15) is 0 Å². The van der Waals surface area contributed by atoms with E-state index in [9.17, 15) is 4.79 Å². The summed E-state index contributed by atoms with van der Waals surface area (Å²) in [5, 5.41) is 3.91. The Morgan fingerprint density at radius 3 is 2.41 bits per heavy atom. The molecule has 1 aromatic heterocycles. The highest BCUT2D eigenvalue weighted by Crippen LogP contribution is 2.17. The second-order valence-electron chi connectivity index (χ2n) is 5.62. The van der Waals surface area contributed by atoms with Crippen molar-refractivity contribution in [3.8, 4) is 0 Å². The van der Waals surface area contributed by atoms with Crippen molar-refractivity contribution in [3.05, 3.63) is 71.8 Å². The number of nitrogens with zero attached hydrogens (tertiary/aromatic N) is 1. The quantitative estimate of drug-likeness (QED) is 0.765. The average molecular weight is 290 g/mol. The standard InChI is InChI=1S/C19H18N2O/c1-13(2)14-7-9-16(10-8-14)19(22)21-18-12-11-15-5-3-4-6-17(15)20-18/h3-13H,1-2H3,(H,20,21,22). The minimum atomic E-state index is -0.141. The van der Waals surface area contributed by atoms with Gasteiger partial charge >= 0.3 is 0 Å². The summed E-state index contributed by atoms with van der Waals surface area (Å²) >= 11 is 0. The van der Waals surface area contributed by atoms with Crippen molar-refractivity contribution in [1.82, 2.24) is 4.98 Å². The number of anilines is 1. The maximum Gasteiger partial charge on any atom is 0.256 e. The Bertz CT molecular complexity index is 807. The highest BCUT2D eigenvalue weighted by atomic mass is 16.1. The smallest absolute Gasteiger partial charge is 0.256 e. The number of benzene rings is 2. The van der Waals surface area contributed by atoms with E-state index in [2.05, 4.69) is 24.1 Å². The molecule has 0 aliphatic rings. The number of hydrogen-bond donors (Lipinski definition) is 1. The van der Waals surface area contributed by atoms with Gasteiger partial charge in [-0.1, -0.05) is 44.2 Å². The highest BCUT2D eigenvalue weighted by molar-refractivity contribution is 6.04. The van der Waals surface area contributed by atoms with Crippen LogP contribution in [-0.4, -0.2) is 10.9 Å². The number of carbonyl (C=O) groups excluding carboxylic acids is 1. The van der Waals surface area contributed by atoms with Gasteiger partial charge in [-0.15, -0.1) is 0 Å². The summed E-state index contributed by atoms with van der Waals surface area (Å²) in [7, 11) is 0. The van der Waals surface area contributed by atoms with E-state index < -0.39 is 0 Å². The Morgan fingerprint density at radius 2 is 1.68 bits per heavy atom. The zero-order valence-corrected chi connectivity index (χ0v) is 12.7. The largest absolute Gasteiger partial charge is 0.307 e. The van der Waals surface area contributed by atoms with Crippen LogP contribution in [-0.2, 0) is 0 Å². The zero-order chi connectivity index (χ0) is 15.5. The van der Waals surface area contributed by atoms with E-state index in [-0.39, 0.29) is 5.91 Å². The average Bonchev–Trinajstić information content (AvgIpc) is 2.55. The Morgan fingerprint density at radius 1 is 0.955 bits per heavy atom. The second kappa shape index (κ2) is 5.98. The van der Waals surface area contributed by atoms with Gasteiger partial charge in [0.2, 0.25) is 0 Å². The number of pyridine rings is 1. The van der Waals surface area contributed by atoms with Crippen molar-refractivity contribution in [2.24, 2.45) is 0 Å². The van der Waals surface area contributed by atoms with E-state index in [0.29, 0.717) is 17.3 Å². The normalized spacial score (nSPS) is 10.9. The molecule has 110 valence electrons. The molecule has 3 nitrogen and oxygen atoms in total. The Kier molecular flexibility index (Phi) is 3.88. The number of rotatable bonds is 3. The molecule has 3 rings (SSSR count). The molecule has 0 bridgehead atoms. The van der Waals surface area contributed by atoms with Crippen LogP contribution in [0.3, 0.4) is 0 Å². The van der Waals surface area contributed by atoms with Crippen LogP contribution in [0.25, 0.3) is 10.9 Å². The summed E-state index contributed by atoms with van der Waals surface area (Å²) < 4.78 is 0. The first-order valence-corrected chi connectivity index (χ1v) is 7.40. The number of amides is 1. The van der Waals surface area contributed by atoms with Gasteiger partial charge in [-0.25, -0.2) is 4.98 Å². The van der Waals surface area contributed by atoms with Crippen LogP contribution in [0.4, 0.5) is 5.82 Å². The molecule has 0 atom stereocenters. The number of aromatic nitrogens is 1. The third kappa shape index (κ3) is 2.98. The first-order valence-electron chi connectivity index (χ1n) is 7.40. The Hall–Kier alpha value is -2.68. The first kappa shape index (κ1) is 14.3. The fourth-order valence-electron chi connectivity index (χ4n) is 2.34. The molecule has 2 aromatic carbocycles. The lowest BCUT2D eigenvalue weighted by atomic mass is 10.0. The fourth-order valence-corrected chi connectivity index (χ4v) is 2.34. The Labute approximate surface area is 130 Å². The molecule has 0 aliphatic carbocycles. The van der Waals surface area contributed by atoms with Crippen molar-refractivity contribution < 1.29 is 4.79 Å². The molecule has 1 N–H and O–H groups in total. The van der Waals surface area contributed by atoms with Crippen LogP contribution in [0.5, 0.6) is 0 Å². The molecule has 1 amide bonds. The predicted octanol–water partition coefficient (Wildman–Crippen LogP) is 4.61. The molecule has 0 saturated carbocycles. The summed E-state index contributed by atoms with van der Waals surface area (Å²) in [6.07, 6.45) is 0. The molecule has 0 radical (unpaired) electrons. The van der Waals surface area contributed by atoms with Crippen molar-refractivity contribution in [1.29, 1.82) is 0 Å². The lowest BCUT2D eigenvalue weighted by Gasteiger charge is -2.08. The summed E-state index contributed by atoms with van der Waals surface area (Å²) in [6.45, 7) is 4.27. The number of carbonyl (C=O) groups is 1. The molecule has 1 heterocycles. The SMILES string of the molecule is CC(C)c1ccc(C(=O)Nc2ccc3ccccc3n2)cc1. The van der Waals surface area contributed by atoms with E-state index in [0.717, 1.165) is 10.9 Å². The molecule has 0 unspecified atom stereocenters. The van der Waals surface area contributed by atoms with Gasteiger partial charge in [-0.3, -0.25) is 4.79 Å². The van der Waals surface area contributed by atoms with Gasteiger partial charge in [0.25, 0.3) is 5.91 Å². The van der Waals surface area contributed by atoms with Gasteiger partial charge in [0.05, 0.1) is 5.52 Å². The first-order chi connectivity index (χ1) is 10.6. The second-order valence-corrected chi connectivity index (χ2v) is 5.62. The van der Waals surface area contributed by atoms with Crippen LogP contribution < -0.4 is 5.32 Å². The topological polar surface area (TPSA) is 42.0 Å². The number of hydrogen-bond acceptors (Lipinski definition) is 2.